The highest BCUT2D eigenvalue weighted by Crippen LogP contribution is 2.14. The lowest BCUT2D eigenvalue weighted by molar-refractivity contribution is -0.128. The van der Waals surface area contributed by atoms with Crippen molar-refractivity contribution < 1.29 is 9.53 Å². The molecule has 1 aliphatic rings. The van der Waals surface area contributed by atoms with Crippen molar-refractivity contribution in [3.63, 3.8) is 0 Å². The number of morpholine rings is 1. The Hall–Kier alpha value is -1.66. The van der Waals surface area contributed by atoms with E-state index in [1.807, 2.05) is 12.1 Å². The molecule has 1 aromatic rings. The fourth-order valence-corrected chi connectivity index (χ4v) is 2.15. The van der Waals surface area contributed by atoms with E-state index in [0.29, 0.717) is 18.8 Å². The van der Waals surface area contributed by atoms with Crippen LogP contribution in [0, 0.1) is 0 Å². The van der Waals surface area contributed by atoms with Gasteiger partial charge in [0.1, 0.15) is 11.9 Å². The summed E-state index contributed by atoms with van der Waals surface area (Å²) >= 11 is 0. The molecule has 6 nitrogen and oxygen atoms in total. The molecule has 1 atom stereocenters. The normalized spacial score (nSPS) is 18.6. The highest BCUT2D eigenvalue weighted by Gasteiger charge is 2.21. The second-order valence-electron chi connectivity index (χ2n) is 4.63. The third-order valence-electron chi connectivity index (χ3n) is 3.32. The summed E-state index contributed by atoms with van der Waals surface area (Å²) in [7, 11) is 0. The molecule has 1 unspecified atom stereocenters. The molecule has 1 amide bonds. The van der Waals surface area contributed by atoms with E-state index in [-0.39, 0.29) is 5.91 Å². The predicted octanol–water partition coefficient (Wildman–Crippen LogP) is 0.855. The Morgan fingerprint density at radius 2 is 2.30 bits per heavy atom. The molecule has 0 spiro atoms. The molecule has 0 aliphatic carbocycles. The summed E-state index contributed by atoms with van der Waals surface area (Å²) in [6, 6.07) is 3.79. The number of amides is 1. The van der Waals surface area contributed by atoms with Crippen molar-refractivity contribution in [3.8, 4) is 0 Å². The monoisotopic (exact) mass is 278 g/mol. The molecule has 2 N–H and O–H groups in total. The lowest BCUT2D eigenvalue weighted by Gasteiger charge is -2.23. The number of pyridine rings is 1. The first-order valence-electron chi connectivity index (χ1n) is 7.08. The van der Waals surface area contributed by atoms with E-state index in [1.54, 1.807) is 6.20 Å². The van der Waals surface area contributed by atoms with E-state index in [2.05, 4.69) is 34.4 Å². The van der Waals surface area contributed by atoms with Gasteiger partial charge in [0.05, 0.1) is 18.5 Å². The molecule has 1 aliphatic heterocycles. The van der Waals surface area contributed by atoms with Gasteiger partial charge in [-0.1, -0.05) is 0 Å². The third kappa shape index (κ3) is 3.68. The van der Waals surface area contributed by atoms with Crippen molar-refractivity contribution in [1.82, 2.24) is 10.3 Å². The molecular formula is C14H22N4O2. The van der Waals surface area contributed by atoms with E-state index in [9.17, 15) is 4.79 Å². The van der Waals surface area contributed by atoms with Gasteiger partial charge < -0.3 is 20.3 Å². The zero-order chi connectivity index (χ0) is 14.4. The second-order valence-corrected chi connectivity index (χ2v) is 4.63. The number of aromatic nitrogens is 1. The van der Waals surface area contributed by atoms with Gasteiger partial charge in [-0.05, 0) is 26.0 Å². The Balaban J connectivity index is 1.94. The summed E-state index contributed by atoms with van der Waals surface area (Å²) in [6.07, 6.45) is 1.26. The molecule has 0 radical (unpaired) electrons. The molecule has 20 heavy (non-hydrogen) atoms. The molecule has 2 rings (SSSR count). The van der Waals surface area contributed by atoms with Gasteiger partial charge in [0.25, 0.3) is 5.91 Å². The standard InChI is InChI=1S/C14H22N4O2/c1-3-18(4-2)13-6-5-11(9-16-13)17-14(19)12-10-15-7-8-20-12/h5-6,9,12,15H,3-4,7-8,10H2,1-2H3,(H,17,19). The minimum Gasteiger partial charge on any atom is -0.366 e. The molecule has 1 fully saturated rings. The Morgan fingerprint density at radius 3 is 2.85 bits per heavy atom. The number of nitrogens with zero attached hydrogens (tertiary/aromatic N) is 2. The Kier molecular flexibility index (Phi) is 5.31. The molecule has 0 bridgehead atoms. The van der Waals surface area contributed by atoms with Gasteiger partial charge in [0.2, 0.25) is 0 Å². The minimum atomic E-state index is -0.425. The lowest BCUT2D eigenvalue weighted by atomic mass is 10.2. The van der Waals surface area contributed by atoms with Gasteiger partial charge in [0, 0.05) is 26.2 Å². The Labute approximate surface area is 119 Å². The second kappa shape index (κ2) is 7.21. The van der Waals surface area contributed by atoms with Gasteiger partial charge in [-0.15, -0.1) is 0 Å². The molecular weight excluding hydrogens is 256 g/mol. The first kappa shape index (κ1) is 14.7. The third-order valence-corrected chi connectivity index (χ3v) is 3.32. The Bertz CT molecular complexity index is 425. The van der Waals surface area contributed by atoms with Crippen molar-refractivity contribution in [1.29, 1.82) is 0 Å². The van der Waals surface area contributed by atoms with Gasteiger partial charge in [-0.25, -0.2) is 4.98 Å². The number of ether oxygens (including phenoxy) is 1. The zero-order valence-electron chi connectivity index (χ0n) is 12.1. The first-order valence-corrected chi connectivity index (χ1v) is 7.08. The minimum absolute atomic E-state index is 0.130. The maximum atomic E-state index is 12.0. The van der Waals surface area contributed by atoms with E-state index in [0.717, 1.165) is 25.5 Å². The van der Waals surface area contributed by atoms with Crippen molar-refractivity contribution in [2.24, 2.45) is 0 Å². The predicted molar refractivity (Wildman–Crippen MR) is 79.0 cm³/mol. The summed E-state index contributed by atoms with van der Waals surface area (Å²) < 4.78 is 5.41. The van der Waals surface area contributed by atoms with Gasteiger partial charge in [0.15, 0.2) is 0 Å². The highest BCUT2D eigenvalue weighted by atomic mass is 16.5. The molecule has 0 saturated carbocycles. The lowest BCUT2D eigenvalue weighted by Crippen LogP contribution is -2.45. The van der Waals surface area contributed by atoms with E-state index >= 15 is 0 Å². The van der Waals surface area contributed by atoms with E-state index < -0.39 is 6.10 Å². The van der Waals surface area contributed by atoms with Crippen LogP contribution in [0.2, 0.25) is 0 Å². The van der Waals surface area contributed by atoms with Gasteiger partial charge in [-0.3, -0.25) is 4.79 Å². The summed E-state index contributed by atoms with van der Waals surface area (Å²) in [6.45, 7) is 7.92. The largest absolute Gasteiger partial charge is 0.366 e. The van der Waals surface area contributed by atoms with E-state index in [1.165, 1.54) is 0 Å². The van der Waals surface area contributed by atoms with Crippen LogP contribution in [0.25, 0.3) is 0 Å². The molecule has 0 aromatic carbocycles. The first-order chi connectivity index (χ1) is 9.74. The quantitative estimate of drug-likeness (QED) is 0.836. The highest BCUT2D eigenvalue weighted by molar-refractivity contribution is 5.94. The number of hydrogen-bond donors (Lipinski definition) is 2. The number of carbonyl (C=O) groups excluding carboxylic acids is 1. The zero-order valence-corrected chi connectivity index (χ0v) is 12.1. The van der Waals surface area contributed by atoms with Crippen molar-refractivity contribution in [2.75, 3.05) is 43.0 Å². The number of rotatable bonds is 5. The molecule has 1 saturated heterocycles. The summed E-state index contributed by atoms with van der Waals surface area (Å²) in [5, 5.41) is 5.96. The van der Waals surface area contributed by atoms with Crippen LogP contribution in [-0.4, -0.2) is 49.8 Å². The maximum absolute atomic E-state index is 12.0. The molecule has 6 heteroatoms. The van der Waals surface area contributed by atoms with Gasteiger partial charge >= 0.3 is 0 Å². The van der Waals surface area contributed by atoms with Crippen LogP contribution in [0.5, 0.6) is 0 Å². The molecule has 2 heterocycles. The number of hydrogen-bond acceptors (Lipinski definition) is 5. The average Bonchev–Trinajstić information content (AvgIpc) is 2.51. The fraction of sp³-hybridized carbons (Fsp3) is 0.571. The number of nitrogens with one attached hydrogen (secondary N) is 2. The van der Waals surface area contributed by atoms with Crippen molar-refractivity contribution in [3.05, 3.63) is 18.3 Å². The summed E-state index contributed by atoms with van der Waals surface area (Å²) in [5.74, 6) is 0.790. The van der Waals surface area contributed by atoms with Crippen LogP contribution in [-0.2, 0) is 9.53 Å². The smallest absolute Gasteiger partial charge is 0.254 e. The maximum Gasteiger partial charge on any atom is 0.254 e. The number of anilines is 2. The van der Waals surface area contributed by atoms with Crippen LogP contribution in [0.15, 0.2) is 18.3 Å². The van der Waals surface area contributed by atoms with E-state index in [4.69, 9.17) is 4.74 Å². The molecule has 110 valence electrons. The van der Waals surface area contributed by atoms with Crippen molar-refractivity contribution >= 4 is 17.4 Å². The van der Waals surface area contributed by atoms with Crippen LogP contribution in [0.3, 0.4) is 0 Å². The van der Waals surface area contributed by atoms with Crippen LogP contribution >= 0.6 is 0 Å². The van der Waals surface area contributed by atoms with Crippen molar-refractivity contribution in [2.45, 2.75) is 20.0 Å². The topological polar surface area (TPSA) is 66.5 Å². The van der Waals surface area contributed by atoms with Crippen LogP contribution < -0.4 is 15.5 Å². The summed E-state index contributed by atoms with van der Waals surface area (Å²) in [5.41, 5.74) is 0.695. The Morgan fingerprint density at radius 1 is 1.50 bits per heavy atom. The van der Waals surface area contributed by atoms with Crippen LogP contribution in [0.1, 0.15) is 13.8 Å². The van der Waals surface area contributed by atoms with Gasteiger partial charge in [-0.2, -0.15) is 0 Å². The average molecular weight is 278 g/mol. The SMILES string of the molecule is CCN(CC)c1ccc(NC(=O)C2CNCCO2)cn1. The number of carbonyl (C=O) groups is 1. The van der Waals surface area contributed by atoms with Crippen LogP contribution in [0.4, 0.5) is 11.5 Å². The fourth-order valence-electron chi connectivity index (χ4n) is 2.15. The molecule has 1 aromatic heterocycles. The summed E-state index contributed by atoms with van der Waals surface area (Å²) in [4.78, 5) is 18.5.